The predicted octanol–water partition coefficient (Wildman–Crippen LogP) is 0.833. The third-order valence-corrected chi connectivity index (χ3v) is 3.03. The molecule has 1 aliphatic rings. The van der Waals surface area contributed by atoms with Gasteiger partial charge in [0.25, 0.3) is 0 Å². The number of hydrogen-bond acceptors (Lipinski definition) is 3. The number of hydrogen-bond donors (Lipinski definition) is 2. The Morgan fingerprint density at radius 2 is 2.21 bits per heavy atom. The van der Waals surface area contributed by atoms with Crippen LogP contribution in [0.2, 0.25) is 0 Å². The fourth-order valence-electron chi connectivity index (χ4n) is 2.10. The minimum absolute atomic E-state index is 0.250. The van der Waals surface area contributed by atoms with E-state index in [0.717, 1.165) is 19.1 Å². The van der Waals surface area contributed by atoms with Crippen molar-refractivity contribution in [1.82, 2.24) is 10.2 Å². The number of rotatable bonds is 6. The molecule has 1 rings (SSSR count). The average molecular weight is 200 g/mol. The van der Waals surface area contributed by atoms with Gasteiger partial charge in [-0.05, 0) is 45.8 Å². The summed E-state index contributed by atoms with van der Waals surface area (Å²) in [5.74, 6) is 0. The molecule has 0 bridgehead atoms. The van der Waals surface area contributed by atoms with Crippen molar-refractivity contribution in [2.75, 3.05) is 32.8 Å². The molecule has 3 nitrogen and oxygen atoms in total. The molecule has 3 heteroatoms. The molecule has 0 radical (unpaired) electrons. The fourth-order valence-corrected chi connectivity index (χ4v) is 2.10. The number of aliphatic hydroxyl groups is 1. The Labute approximate surface area is 87.5 Å². The molecule has 0 aliphatic carbocycles. The summed E-state index contributed by atoms with van der Waals surface area (Å²) in [6.45, 7) is 6.83. The maximum Gasteiger partial charge on any atom is 0.0555 e. The molecule has 1 aliphatic heterocycles. The summed E-state index contributed by atoms with van der Waals surface area (Å²) < 4.78 is 0. The third kappa shape index (κ3) is 4.40. The lowest BCUT2D eigenvalue weighted by atomic mass is 10.0. The quantitative estimate of drug-likeness (QED) is 0.624. The first kappa shape index (κ1) is 12.0. The summed E-state index contributed by atoms with van der Waals surface area (Å²) in [6.07, 6.45) is 5.34. The minimum atomic E-state index is 0.250. The van der Waals surface area contributed by atoms with Crippen molar-refractivity contribution in [3.63, 3.8) is 0 Å². The Kier molecular flexibility index (Phi) is 6.15. The summed E-state index contributed by atoms with van der Waals surface area (Å²) in [4.78, 5) is 2.59. The zero-order chi connectivity index (χ0) is 10.2. The first-order valence-electron chi connectivity index (χ1n) is 5.90. The third-order valence-electron chi connectivity index (χ3n) is 3.03. The van der Waals surface area contributed by atoms with E-state index >= 15 is 0 Å². The van der Waals surface area contributed by atoms with Crippen molar-refractivity contribution in [3.05, 3.63) is 0 Å². The first-order chi connectivity index (χ1) is 6.84. The molecule has 2 N–H and O–H groups in total. The molecule has 1 unspecified atom stereocenters. The maximum absolute atomic E-state index is 8.58. The second kappa shape index (κ2) is 7.21. The van der Waals surface area contributed by atoms with E-state index in [0.29, 0.717) is 0 Å². The summed E-state index contributed by atoms with van der Waals surface area (Å²) in [5, 5.41) is 11.8. The summed E-state index contributed by atoms with van der Waals surface area (Å²) in [5.41, 5.74) is 0. The average Bonchev–Trinajstić information content (AvgIpc) is 2.20. The van der Waals surface area contributed by atoms with Crippen LogP contribution in [-0.2, 0) is 0 Å². The van der Waals surface area contributed by atoms with Crippen molar-refractivity contribution in [1.29, 1.82) is 0 Å². The molecule has 0 aromatic rings. The Bertz CT molecular complexity index is 141. The second-order valence-electron chi connectivity index (χ2n) is 4.21. The number of likely N-dealkylation sites (tertiary alicyclic amines) is 1. The van der Waals surface area contributed by atoms with Crippen molar-refractivity contribution in [3.8, 4) is 0 Å². The van der Waals surface area contributed by atoms with E-state index in [1.807, 2.05) is 0 Å². The first-order valence-corrected chi connectivity index (χ1v) is 5.90. The van der Waals surface area contributed by atoms with Crippen LogP contribution < -0.4 is 5.32 Å². The highest BCUT2D eigenvalue weighted by atomic mass is 16.3. The van der Waals surface area contributed by atoms with Crippen LogP contribution in [0.3, 0.4) is 0 Å². The monoisotopic (exact) mass is 200 g/mol. The smallest absolute Gasteiger partial charge is 0.0555 e. The van der Waals surface area contributed by atoms with Gasteiger partial charge in [-0.1, -0.05) is 6.42 Å². The predicted molar refractivity (Wildman–Crippen MR) is 59.5 cm³/mol. The van der Waals surface area contributed by atoms with Gasteiger partial charge in [0, 0.05) is 12.6 Å². The standard InChI is InChI=1S/C11H24N2O/c1-11-5-2-3-8-13(11)9-4-6-12-7-10-14/h11-12,14H,2-10H2,1H3. The maximum atomic E-state index is 8.58. The van der Waals surface area contributed by atoms with E-state index < -0.39 is 0 Å². The van der Waals surface area contributed by atoms with Gasteiger partial charge < -0.3 is 15.3 Å². The molecule has 14 heavy (non-hydrogen) atoms. The normalized spacial score (nSPS) is 24.0. The van der Waals surface area contributed by atoms with Gasteiger partial charge in [-0.3, -0.25) is 0 Å². The Morgan fingerprint density at radius 3 is 2.93 bits per heavy atom. The van der Waals surface area contributed by atoms with Gasteiger partial charge in [-0.25, -0.2) is 0 Å². The summed E-state index contributed by atoms with van der Waals surface area (Å²) >= 11 is 0. The van der Waals surface area contributed by atoms with Crippen molar-refractivity contribution >= 4 is 0 Å². The van der Waals surface area contributed by atoms with Gasteiger partial charge in [0.15, 0.2) is 0 Å². The van der Waals surface area contributed by atoms with Crippen LogP contribution in [0.25, 0.3) is 0 Å². The highest BCUT2D eigenvalue weighted by molar-refractivity contribution is 4.72. The molecule has 1 atom stereocenters. The Hall–Kier alpha value is -0.120. The van der Waals surface area contributed by atoms with Gasteiger partial charge in [0.1, 0.15) is 0 Å². The van der Waals surface area contributed by atoms with Crippen molar-refractivity contribution < 1.29 is 5.11 Å². The molecular formula is C11H24N2O. The minimum Gasteiger partial charge on any atom is -0.395 e. The van der Waals surface area contributed by atoms with Crippen LogP contribution in [0.5, 0.6) is 0 Å². The number of nitrogens with one attached hydrogen (secondary N) is 1. The van der Waals surface area contributed by atoms with E-state index in [1.165, 1.54) is 38.8 Å². The zero-order valence-corrected chi connectivity index (χ0v) is 9.34. The van der Waals surface area contributed by atoms with E-state index in [2.05, 4.69) is 17.1 Å². The van der Waals surface area contributed by atoms with Gasteiger partial charge >= 0.3 is 0 Å². The molecule has 0 aromatic carbocycles. The Morgan fingerprint density at radius 1 is 1.36 bits per heavy atom. The molecule has 1 heterocycles. The van der Waals surface area contributed by atoms with E-state index in [1.54, 1.807) is 0 Å². The highest BCUT2D eigenvalue weighted by Crippen LogP contribution is 2.15. The topological polar surface area (TPSA) is 35.5 Å². The van der Waals surface area contributed by atoms with E-state index in [9.17, 15) is 0 Å². The van der Waals surface area contributed by atoms with Crippen LogP contribution in [-0.4, -0.2) is 48.8 Å². The molecule has 1 saturated heterocycles. The molecule has 0 amide bonds. The zero-order valence-electron chi connectivity index (χ0n) is 9.34. The highest BCUT2D eigenvalue weighted by Gasteiger charge is 2.16. The number of nitrogens with zero attached hydrogens (tertiary/aromatic N) is 1. The van der Waals surface area contributed by atoms with Gasteiger partial charge in [0.05, 0.1) is 6.61 Å². The summed E-state index contributed by atoms with van der Waals surface area (Å²) in [7, 11) is 0. The van der Waals surface area contributed by atoms with E-state index in [-0.39, 0.29) is 6.61 Å². The van der Waals surface area contributed by atoms with Crippen LogP contribution in [0, 0.1) is 0 Å². The molecular weight excluding hydrogens is 176 g/mol. The second-order valence-corrected chi connectivity index (χ2v) is 4.21. The van der Waals surface area contributed by atoms with Crippen LogP contribution in [0.4, 0.5) is 0 Å². The lowest BCUT2D eigenvalue weighted by molar-refractivity contribution is 0.158. The number of piperidine rings is 1. The number of aliphatic hydroxyl groups excluding tert-OH is 1. The lowest BCUT2D eigenvalue weighted by Gasteiger charge is -2.33. The SMILES string of the molecule is CC1CCCCN1CCCNCCO. The molecule has 0 saturated carbocycles. The Balaban J connectivity index is 1.99. The van der Waals surface area contributed by atoms with Crippen LogP contribution in [0.1, 0.15) is 32.6 Å². The molecule has 0 aromatic heterocycles. The van der Waals surface area contributed by atoms with Crippen molar-refractivity contribution in [2.45, 2.75) is 38.6 Å². The molecule has 1 fully saturated rings. The van der Waals surface area contributed by atoms with Gasteiger partial charge in [0.2, 0.25) is 0 Å². The van der Waals surface area contributed by atoms with Gasteiger partial charge in [-0.2, -0.15) is 0 Å². The largest absolute Gasteiger partial charge is 0.395 e. The van der Waals surface area contributed by atoms with Crippen LogP contribution in [0.15, 0.2) is 0 Å². The van der Waals surface area contributed by atoms with E-state index in [4.69, 9.17) is 5.11 Å². The van der Waals surface area contributed by atoms with Crippen LogP contribution >= 0.6 is 0 Å². The lowest BCUT2D eigenvalue weighted by Crippen LogP contribution is -2.39. The van der Waals surface area contributed by atoms with Gasteiger partial charge in [-0.15, -0.1) is 0 Å². The molecule has 84 valence electrons. The fraction of sp³-hybridized carbons (Fsp3) is 1.00. The molecule has 0 spiro atoms. The van der Waals surface area contributed by atoms with Crippen molar-refractivity contribution in [2.24, 2.45) is 0 Å². The summed E-state index contributed by atoms with van der Waals surface area (Å²) in [6, 6.07) is 0.779.